The zero-order chi connectivity index (χ0) is 15.4. The Balaban J connectivity index is 0.00000172. The van der Waals surface area contributed by atoms with E-state index in [4.69, 9.17) is 0 Å². The van der Waals surface area contributed by atoms with Crippen LogP contribution in [0.15, 0.2) is 24.0 Å². The van der Waals surface area contributed by atoms with Gasteiger partial charge in [0.2, 0.25) is 0 Å². The molecule has 0 aromatic heterocycles. The SMILES string of the molecule is C/C=C\N(CC1CCCN(C)C1)/C(C)=C\CCC.CC. The molecule has 0 radical (unpaired) electrons. The van der Waals surface area contributed by atoms with Gasteiger partial charge in [-0.3, -0.25) is 0 Å². The summed E-state index contributed by atoms with van der Waals surface area (Å²) in [7, 11) is 2.24. The number of hydrogen-bond acceptors (Lipinski definition) is 2. The van der Waals surface area contributed by atoms with Crippen LogP contribution in [-0.2, 0) is 0 Å². The summed E-state index contributed by atoms with van der Waals surface area (Å²) in [5, 5.41) is 0. The van der Waals surface area contributed by atoms with E-state index in [1.54, 1.807) is 0 Å². The lowest BCUT2D eigenvalue weighted by Gasteiger charge is -2.33. The van der Waals surface area contributed by atoms with Gasteiger partial charge in [0.15, 0.2) is 0 Å². The van der Waals surface area contributed by atoms with Gasteiger partial charge in [0.25, 0.3) is 0 Å². The summed E-state index contributed by atoms with van der Waals surface area (Å²) in [6, 6.07) is 0. The van der Waals surface area contributed by atoms with Gasteiger partial charge in [0.1, 0.15) is 0 Å². The zero-order valence-corrected chi connectivity index (χ0v) is 14.7. The van der Waals surface area contributed by atoms with Crippen molar-refractivity contribution in [2.75, 3.05) is 26.7 Å². The van der Waals surface area contributed by atoms with Crippen LogP contribution >= 0.6 is 0 Å². The molecule has 118 valence electrons. The van der Waals surface area contributed by atoms with E-state index in [-0.39, 0.29) is 0 Å². The number of piperidine rings is 1. The smallest absolute Gasteiger partial charge is 0.0262 e. The van der Waals surface area contributed by atoms with Crippen molar-refractivity contribution < 1.29 is 0 Å². The summed E-state index contributed by atoms with van der Waals surface area (Å²) in [5.41, 5.74) is 1.41. The Morgan fingerprint density at radius 2 is 2.05 bits per heavy atom. The second-order valence-corrected chi connectivity index (χ2v) is 5.54. The molecule has 20 heavy (non-hydrogen) atoms. The fourth-order valence-corrected chi connectivity index (χ4v) is 2.67. The number of likely N-dealkylation sites (tertiary alicyclic amines) is 1. The number of hydrogen-bond donors (Lipinski definition) is 0. The lowest BCUT2D eigenvalue weighted by atomic mass is 9.98. The highest BCUT2D eigenvalue weighted by Crippen LogP contribution is 2.19. The molecule has 0 aromatic carbocycles. The van der Waals surface area contributed by atoms with Crippen molar-refractivity contribution in [3.05, 3.63) is 24.0 Å². The van der Waals surface area contributed by atoms with Gasteiger partial charge in [-0.2, -0.15) is 0 Å². The lowest BCUT2D eigenvalue weighted by molar-refractivity contribution is 0.186. The minimum absolute atomic E-state index is 0.810. The van der Waals surface area contributed by atoms with E-state index >= 15 is 0 Å². The standard InChI is InChI=1S/C16H30N2.C2H6/c1-5-7-9-15(3)18(11-6-2)14-16-10-8-12-17(4)13-16;1-2/h6,9,11,16H,5,7-8,10,12-14H2,1-4H3;1-2H3/b11-6-,15-9-;. The van der Waals surface area contributed by atoms with Gasteiger partial charge in [-0.15, -0.1) is 0 Å². The molecule has 1 rings (SSSR count). The van der Waals surface area contributed by atoms with Crippen LogP contribution in [0.3, 0.4) is 0 Å². The van der Waals surface area contributed by atoms with Crippen LogP contribution in [0.1, 0.15) is 60.3 Å². The number of allylic oxidation sites excluding steroid dienone is 3. The highest BCUT2D eigenvalue weighted by atomic mass is 15.1. The fraction of sp³-hybridized carbons (Fsp3) is 0.778. The Kier molecular flexibility index (Phi) is 11.6. The molecule has 1 heterocycles. The van der Waals surface area contributed by atoms with E-state index in [0.29, 0.717) is 0 Å². The van der Waals surface area contributed by atoms with E-state index in [2.05, 4.69) is 56.0 Å². The van der Waals surface area contributed by atoms with Crippen molar-refractivity contribution in [1.82, 2.24) is 9.80 Å². The molecule has 2 heteroatoms. The fourth-order valence-electron chi connectivity index (χ4n) is 2.67. The summed E-state index contributed by atoms with van der Waals surface area (Å²) in [5.74, 6) is 0.810. The summed E-state index contributed by atoms with van der Waals surface area (Å²) < 4.78 is 0. The average molecular weight is 280 g/mol. The van der Waals surface area contributed by atoms with Crippen molar-refractivity contribution in [2.45, 2.75) is 60.3 Å². The highest BCUT2D eigenvalue weighted by molar-refractivity contribution is 5.03. The van der Waals surface area contributed by atoms with Crippen molar-refractivity contribution in [3.63, 3.8) is 0 Å². The minimum atomic E-state index is 0.810. The summed E-state index contributed by atoms with van der Waals surface area (Å²) >= 11 is 0. The molecule has 0 aliphatic carbocycles. The molecule has 0 aromatic rings. The molecular weight excluding hydrogens is 244 g/mol. The molecule has 0 saturated carbocycles. The number of rotatable bonds is 6. The van der Waals surface area contributed by atoms with E-state index in [9.17, 15) is 0 Å². The molecule has 0 N–H and O–H groups in total. The second kappa shape index (κ2) is 12.0. The Labute approximate surface area is 127 Å². The predicted octanol–water partition coefficient (Wildman–Crippen LogP) is 4.89. The number of nitrogens with zero attached hydrogens (tertiary/aromatic N) is 2. The van der Waals surface area contributed by atoms with E-state index in [0.717, 1.165) is 5.92 Å². The van der Waals surface area contributed by atoms with Crippen LogP contribution in [0, 0.1) is 5.92 Å². The first kappa shape index (κ1) is 19.2. The van der Waals surface area contributed by atoms with Crippen molar-refractivity contribution in [1.29, 1.82) is 0 Å². The van der Waals surface area contributed by atoms with Crippen molar-refractivity contribution >= 4 is 0 Å². The Morgan fingerprint density at radius 1 is 1.35 bits per heavy atom. The monoisotopic (exact) mass is 280 g/mol. The molecule has 1 atom stereocenters. The van der Waals surface area contributed by atoms with Crippen LogP contribution < -0.4 is 0 Å². The van der Waals surface area contributed by atoms with Gasteiger partial charge in [-0.05, 0) is 58.8 Å². The molecule has 2 nitrogen and oxygen atoms in total. The molecule has 1 fully saturated rings. The first-order chi connectivity index (χ1) is 9.67. The van der Waals surface area contributed by atoms with Gasteiger partial charge in [-0.25, -0.2) is 0 Å². The Bertz CT molecular complexity index is 281. The maximum atomic E-state index is 2.47. The average Bonchev–Trinajstić information content (AvgIpc) is 2.46. The number of unbranched alkanes of at least 4 members (excludes halogenated alkanes) is 1. The van der Waals surface area contributed by atoms with Crippen molar-refractivity contribution in [3.8, 4) is 0 Å². The van der Waals surface area contributed by atoms with Gasteiger partial charge in [0, 0.05) is 18.8 Å². The maximum Gasteiger partial charge on any atom is 0.0262 e. The Morgan fingerprint density at radius 3 is 2.60 bits per heavy atom. The van der Waals surface area contributed by atoms with Gasteiger partial charge in [-0.1, -0.05) is 39.3 Å². The Hall–Kier alpha value is -0.760. The van der Waals surface area contributed by atoms with Gasteiger partial charge >= 0.3 is 0 Å². The largest absolute Gasteiger partial charge is 0.352 e. The summed E-state index contributed by atoms with van der Waals surface area (Å²) in [6.45, 7) is 14.3. The lowest BCUT2D eigenvalue weighted by Crippen LogP contribution is -2.37. The van der Waals surface area contributed by atoms with Crippen LogP contribution in [0.4, 0.5) is 0 Å². The van der Waals surface area contributed by atoms with Crippen LogP contribution in [0.25, 0.3) is 0 Å². The molecule has 0 bridgehead atoms. The third-order valence-corrected chi connectivity index (χ3v) is 3.69. The molecule has 1 aliphatic heterocycles. The molecule has 1 unspecified atom stereocenters. The first-order valence-corrected chi connectivity index (χ1v) is 8.42. The predicted molar refractivity (Wildman–Crippen MR) is 91.8 cm³/mol. The molecule has 0 amide bonds. The van der Waals surface area contributed by atoms with Gasteiger partial charge in [0.05, 0.1) is 0 Å². The maximum absolute atomic E-state index is 2.47. The van der Waals surface area contributed by atoms with Gasteiger partial charge < -0.3 is 9.80 Å². The third kappa shape index (κ3) is 7.74. The first-order valence-electron chi connectivity index (χ1n) is 8.42. The van der Waals surface area contributed by atoms with Crippen molar-refractivity contribution in [2.24, 2.45) is 5.92 Å². The normalized spacial score (nSPS) is 20.7. The quantitative estimate of drug-likeness (QED) is 0.683. The minimum Gasteiger partial charge on any atom is -0.352 e. The van der Waals surface area contributed by atoms with E-state index < -0.39 is 0 Å². The second-order valence-electron chi connectivity index (χ2n) is 5.54. The highest BCUT2D eigenvalue weighted by Gasteiger charge is 2.19. The topological polar surface area (TPSA) is 6.48 Å². The zero-order valence-electron chi connectivity index (χ0n) is 14.7. The third-order valence-electron chi connectivity index (χ3n) is 3.69. The molecule has 1 aliphatic rings. The van der Waals surface area contributed by atoms with Crippen LogP contribution in [0.2, 0.25) is 0 Å². The molecule has 1 saturated heterocycles. The molecule has 0 spiro atoms. The summed E-state index contributed by atoms with van der Waals surface area (Å²) in [6.07, 6.45) is 11.9. The molecular formula is C18H36N2. The summed E-state index contributed by atoms with van der Waals surface area (Å²) in [4.78, 5) is 4.90. The van der Waals surface area contributed by atoms with Crippen LogP contribution in [-0.4, -0.2) is 36.5 Å². The van der Waals surface area contributed by atoms with E-state index in [1.165, 1.54) is 51.0 Å². The van der Waals surface area contributed by atoms with Crippen LogP contribution in [0.5, 0.6) is 0 Å². The van der Waals surface area contributed by atoms with E-state index in [1.807, 2.05) is 13.8 Å².